The van der Waals surface area contributed by atoms with Crippen LogP contribution in [0.1, 0.15) is 115 Å². The third kappa shape index (κ3) is 19.7. The molecule has 0 saturated heterocycles. The molecule has 4 aromatic rings. The zero-order valence-corrected chi connectivity index (χ0v) is 35.9. The fourth-order valence-electron chi connectivity index (χ4n) is 5.92. The molecular weight excluding hydrogens is 769 g/mol. The Balaban J connectivity index is 0.000000373. The largest absolute Gasteiger partial charge is 2.00 e. The molecule has 10 nitrogen and oxygen atoms in total. The molecule has 0 spiro atoms. The maximum atomic E-state index is 11.9. The van der Waals surface area contributed by atoms with E-state index in [1.54, 1.807) is 30.3 Å². The van der Waals surface area contributed by atoms with Gasteiger partial charge in [0.1, 0.15) is 38.9 Å². The number of unbranched alkanes of at least 4 members (excludes halogenated alkanes) is 12. The number of hydrogen-bond donors (Lipinski definition) is 2. The van der Waals surface area contributed by atoms with Gasteiger partial charge in [-0.25, -0.2) is 8.42 Å². The summed E-state index contributed by atoms with van der Waals surface area (Å²) >= 11 is 0. The summed E-state index contributed by atoms with van der Waals surface area (Å²) in [7, 11) is -8.84. The summed E-state index contributed by atoms with van der Waals surface area (Å²) in [5, 5.41) is 21.8. The Morgan fingerprint density at radius 2 is 0.982 bits per heavy atom. The first-order valence-electron chi connectivity index (χ1n) is 18.9. The molecule has 0 heterocycles. The summed E-state index contributed by atoms with van der Waals surface area (Å²) in [6, 6.07) is 20.8. The van der Waals surface area contributed by atoms with Crippen molar-refractivity contribution in [2.75, 3.05) is 0 Å². The van der Waals surface area contributed by atoms with E-state index in [1.807, 2.05) is 6.07 Å². The molecule has 4 aromatic carbocycles. The van der Waals surface area contributed by atoms with Crippen molar-refractivity contribution in [2.45, 2.75) is 126 Å². The van der Waals surface area contributed by atoms with Gasteiger partial charge in [-0.05, 0) is 91.4 Å². The average Bonchev–Trinajstić information content (AvgIpc) is 3.10. The Labute approximate surface area is 357 Å². The van der Waals surface area contributed by atoms with E-state index < -0.39 is 20.2 Å². The van der Waals surface area contributed by atoms with Gasteiger partial charge in [-0.2, -0.15) is 8.42 Å². The molecule has 0 amide bonds. The molecular formula is C42H54CaO10S2. The molecule has 0 fully saturated rings. The number of rotatable bonds is 22. The predicted molar refractivity (Wildman–Crippen MR) is 214 cm³/mol. The molecule has 0 aliphatic carbocycles. The van der Waals surface area contributed by atoms with Gasteiger partial charge in [0.15, 0.2) is 0 Å². The van der Waals surface area contributed by atoms with Crippen LogP contribution < -0.4 is 14.6 Å². The summed E-state index contributed by atoms with van der Waals surface area (Å²) in [6.45, 7) is 4.41. The van der Waals surface area contributed by atoms with Crippen LogP contribution in [-0.4, -0.2) is 68.8 Å². The quantitative estimate of drug-likeness (QED) is 0.0441. The SMILES string of the molecule is CCCCCCCCCc1cc(O)cc(Oc2cccc(S(=O)(=O)O)c2)c1.CCCCCCCCCc1cc([O-])cc(Oc2cccc(S(=O)(=O)[O-])c2)c1.[Ca+2]. The monoisotopic (exact) mass is 822 g/mol. The smallest absolute Gasteiger partial charge is 0.872 e. The molecule has 13 heteroatoms. The van der Waals surface area contributed by atoms with E-state index in [9.17, 15) is 31.6 Å². The Hall–Kier alpha value is -2.84. The van der Waals surface area contributed by atoms with E-state index >= 15 is 0 Å². The first kappa shape index (κ1) is 48.3. The van der Waals surface area contributed by atoms with Crippen LogP contribution in [-0.2, 0) is 33.1 Å². The minimum atomic E-state index is -4.55. The number of phenolic OH excluding ortho intramolecular Hbond substituents is 1. The van der Waals surface area contributed by atoms with Gasteiger partial charge in [-0.1, -0.05) is 109 Å². The summed E-state index contributed by atoms with van der Waals surface area (Å²) in [5.74, 6) is 1.22. The Kier molecular flexibility index (Phi) is 22.3. The minimum absolute atomic E-state index is 0. The molecule has 0 aromatic heterocycles. The predicted octanol–water partition coefficient (Wildman–Crippen LogP) is 10.1. The molecule has 0 atom stereocenters. The van der Waals surface area contributed by atoms with Crippen LogP contribution in [0, 0.1) is 0 Å². The van der Waals surface area contributed by atoms with Crippen molar-refractivity contribution in [3.8, 4) is 34.5 Å². The molecule has 0 aliphatic heterocycles. The third-order valence-corrected chi connectivity index (χ3v) is 10.4. The molecule has 0 radical (unpaired) electrons. The number of aromatic hydroxyl groups is 1. The fraction of sp³-hybridized carbons (Fsp3) is 0.429. The van der Waals surface area contributed by atoms with Gasteiger partial charge < -0.3 is 24.2 Å². The fourth-order valence-corrected chi connectivity index (χ4v) is 6.94. The van der Waals surface area contributed by atoms with Gasteiger partial charge in [0.2, 0.25) is 0 Å². The first-order chi connectivity index (χ1) is 25.8. The summed E-state index contributed by atoms with van der Waals surface area (Å²) < 4.78 is 76.2. The van der Waals surface area contributed by atoms with E-state index in [1.165, 1.54) is 107 Å². The van der Waals surface area contributed by atoms with Crippen molar-refractivity contribution < 1.29 is 45.6 Å². The van der Waals surface area contributed by atoms with Crippen LogP contribution >= 0.6 is 0 Å². The molecule has 296 valence electrons. The van der Waals surface area contributed by atoms with Crippen molar-refractivity contribution in [3.05, 3.63) is 96.1 Å². The third-order valence-electron chi connectivity index (χ3n) is 8.70. The van der Waals surface area contributed by atoms with Gasteiger partial charge in [-0.15, -0.1) is 5.75 Å². The Bertz CT molecular complexity index is 1810. The summed E-state index contributed by atoms with van der Waals surface area (Å²) in [5.41, 5.74) is 1.88. The molecule has 0 unspecified atom stereocenters. The van der Waals surface area contributed by atoms with E-state index in [4.69, 9.17) is 14.0 Å². The van der Waals surface area contributed by atoms with Crippen LogP contribution in [0.25, 0.3) is 0 Å². The summed E-state index contributed by atoms with van der Waals surface area (Å²) in [4.78, 5) is -0.593. The van der Waals surface area contributed by atoms with Gasteiger partial charge in [-0.3, -0.25) is 4.55 Å². The van der Waals surface area contributed by atoms with E-state index in [0.717, 1.165) is 55.7 Å². The Morgan fingerprint density at radius 1 is 0.545 bits per heavy atom. The Morgan fingerprint density at radius 3 is 1.47 bits per heavy atom. The molecule has 0 bridgehead atoms. The van der Waals surface area contributed by atoms with E-state index in [0.29, 0.717) is 11.5 Å². The average molecular weight is 823 g/mol. The number of hydrogen-bond acceptors (Lipinski definition) is 9. The van der Waals surface area contributed by atoms with Crippen molar-refractivity contribution in [2.24, 2.45) is 0 Å². The van der Waals surface area contributed by atoms with Gasteiger partial charge in [0.05, 0.1) is 9.79 Å². The van der Waals surface area contributed by atoms with E-state index in [-0.39, 0.29) is 70.5 Å². The number of phenols is 1. The molecule has 55 heavy (non-hydrogen) atoms. The first-order valence-corrected chi connectivity index (χ1v) is 21.7. The maximum Gasteiger partial charge on any atom is 2.00 e. The maximum absolute atomic E-state index is 11.9. The summed E-state index contributed by atoms with van der Waals surface area (Å²) in [6.07, 6.45) is 18.6. The van der Waals surface area contributed by atoms with Crippen molar-refractivity contribution in [1.82, 2.24) is 0 Å². The van der Waals surface area contributed by atoms with Crippen molar-refractivity contribution in [1.29, 1.82) is 0 Å². The number of aryl methyl sites for hydroxylation is 2. The van der Waals surface area contributed by atoms with Crippen molar-refractivity contribution in [3.63, 3.8) is 0 Å². The van der Waals surface area contributed by atoms with Crippen LogP contribution in [0.5, 0.6) is 34.5 Å². The normalized spacial score (nSPS) is 11.3. The van der Waals surface area contributed by atoms with Crippen LogP contribution in [0.2, 0.25) is 0 Å². The zero-order valence-electron chi connectivity index (χ0n) is 32.1. The minimum Gasteiger partial charge on any atom is -0.872 e. The van der Waals surface area contributed by atoms with Crippen LogP contribution in [0.3, 0.4) is 0 Å². The van der Waals surface area contributed by atoms with Gasteiger partial charge in [0.25, 0.3) is 10.1 Å². The second kappa shape index (κ2) is 25.4. The second-order valence-electron chi connectivity index (χ2n) is 13.5. The van der Waals surface area contributed by atoms with Crippen LogP contribution in [0.4, 0.5) is 0 Å². The van der Waals surface area contributed by atoms with Gasteiger partial charge in [0, 0.05) is 12.1 Å². The van der Waals surface area contributed by atoms with Crippen LogP contribution in [0.15, 0.2) is 94.7 Å². The molecule has 0 aliphatic rings. The standard InChI is InChI=1S/2C21H28O5S.Ca/c2*1-2-3-4-5-6-7-8-10-17-13-18(22)15-20(14-17)26-19-11-9-12-21(16-19)27(23,24)25;/h2*9,11-16,22H,2-8,10H2,1H3,(H,23,24,25);/q;;+2/p-2. The molecule has 4 rings (SSSR count). The van der Waals surface area contributed by atoms with Gasteiger partial charge >= 0.3 is 37.7 Å². The van der Waals surface area contributed by atoms with Crippen molar-refractivity contribution >= 4 is 58.0 Å². The number of ether oxygens (including phenoxy) is 2. The van der Waals surface area contributed by atoms with E-state index in [2.05, 4.69) is 13.8 Å². The second-order valence-corrected chi connectivity index (χ2v) is 16.3. The zero-order chi connectivity index (χ0) is 39.4. The molecule has 0 saturated carbocycles. The molecule has 2 N–H and O–H groups in total. The topological polar surface area (TPSA) is 173 Å². The number of benzene rings is 4.